The number of benzene rings is 1. The molecule has 0 aromatic heterocycles. The molecule has 2 aliphatic heterocycles. The van der Waals surface area contributed by atoms with Crippen LogP contribution in [0.4, 0.5) is 0 Å². The Morgan fingerprint density at radius 1 is 1.12 bits per heavy atom. The Morgan fingerprint density at radius 2 is 1.92 bits per heavy atom. The molecule has 2 aliphatic rings. The van der Waals surface area contributed by atoms with Gasteiger partial charge in [-0.3, -0.25) is 9.69 Å². The van der Waals surface area contributed by atoms with Crippen LogP contribution in [0.15, 0.2) is 30.3 Å². The highest BCUT2D eigenvalue weighted by Crippen LogP contribution is 2.22. The molecular weight excluding hydrogens is 312 g/mol. The molecule has 2 fully saturated rings. The molecule has 0 saturated carbocycles. The van der Waals surface area contributed by atoms with E-state index in [2.05, 4.69) is 40.5 Å². The van der Waals surface area contributed by atoms with Crippen LogP contribution in [0.1, 0.15) is 44.1 Å². The summed E-state index contributed by atoms with van der Waals surface area (Å²) in [5.41, 5.74) is 1.38. The second-order valence-electron chi connectivity index (χ2n) is 7.63. The van der Waals surface area contributed by atoms with E-state index >= 15 is 0 Å². The number of likely N-dealkylation sites (tertiary alicyclic amines) is 1. The maximum atomic E-state index is 12.1. The molecule has 0 radical (unpaired) electrons. The Morgan fingerprint density at radius 3 is 2.64 bits per heavy atom. The Labute approximate surface area is 151 Å². The van der Waals surface area contributed by atoms with Gasteiger partial charge in [-0.25, -0.2) is 0 Å². The molecule has 0 bridgehead atoms. The number of piperidine rings is 1. The number of hydrogen-bond donors (Lipinski definition) is 1. The fourth-order valence-corrected chi connectivity index (χ4v) is 3.95. The molecule has 1 unspecified atom stereocenters. The third-order valence-corrected chi connectivity index (χ3v) is 5.57. The van der Waals surface area contributed by atoms with E-state index in [1.54, 1.807) is 0 Å². The number of amides is 1. The number of nitrogens with one attached hydrogen (secondary N) is 1. The predicted octanol–water partition coefficient (Wildman–Crippen LogP) is 3.22. The van der Waals surface area contributed by atoms with Crippen molar-refractivity contribution in [3.63, 3.8) is 0 Å². The topological polar surface area (TPSA) is 41.6 Å². The minimum Gasteiger partial charge on any atom is -0.381 e. The Hall–Kier alpha value is -1.39. The molecule has 1 atom stereocenters. The highest BCUT2D eigenvalue weighted by molar-refractivity contribution is 5.76. The van der Waals surface area contributed by atoms with Crippen LogP contribution >= 0.6 is 0 Å². The summed E-state index contributed by atoms with van der Waals surface area (Å²) >= 11 is 0. The van der Waals surface area contributed by atoms with Crippen molar-refractivity contribution >= 4 is 5.91 Å². The van der Waals surface area contributed by atoms with Gasteiger partial charge >= 0.3 is 0 Å². The van der Waals surface area contributed by atoms with Gasteiger partial charge in [0.2, 0.25) is 5.91 Å². The number of ether oxygens (including phenoxy) is 1. The zero-order chi connectivity index (χ0) is 17.3. The number of rotatable bonds is 8. The standard InChI is InChI=1S/C21H32N2O2/c24-21(22-11-4-7-20-10-14-25-17-20)15-18-8-12-23(13-9-18)16-19-5-2-1-3-6-19/h1-3,5-6,18,20H,4,7-17H2,(H,22,24). The van der Waals surface area contributed by atoms with Crippen molar-refractivity contribution in [2.75, 3.05) is 32.8 Å². The van der Waals surface area contributed by atoms with Crippen molar-refractivity contribution in [3.8, 4) is 0 Å². The van der Waals surface area contributed by atoms with Crippen LogP contribution < -0.4 is 5.32 Å². The highest BCUT2D eigenvalue weighted by atomic mass is 16.5. The van der Waals surface area contributed by atoms with E-state index in [4.69, 9.17) is 4.74 Å². The third kappa shape index (κ3) is 6.44. The normalized spacial score (nSPS) is 22.2. The summed E-state index contributed by atoms with van der Waals surface area (Å²) < 4.78 is 5.39. The van der Waals surface area contributed by atoms with Crippen LogP contribution in [-0.4, -0.2) is 43.7 Å². The fourth-order valence-electron chi connectivity index (χ4n) is 3.95. The van der Waals surface area contributed by atoms with E-state index in [0.717, 1.165) is 58.7 Å². The smallest absolute Gasteiger partial charge is 0.220 e. The number of hydrogen-bond acceptors (Lipinski definition) is 3. The molecule has 3 rings (SSSR count). The maximum Gasteiger partial charge on any atom is 0.220 e. The molecule has 1 aromatic rings. The molecule has 1 N–H and O–H groups in total. The van der Waals surface area contributed by atoms with Gasteiger partial charge < -0.3 is 10.1 Å². The first-order valence-electron chi connectivity index (χ1n) is 9.90. The highest BCUT2D eigenvalue weighted by Gasteiger charge is 2.21. The summed E-state index contributed by atoms with van der Waals surface area (Å²) in [5, 5.41) is 3.11. The largest absolute Gasteiger partial charge is 0.381 e. The van der Waals surface area contributed by atoms with Gasteiger partial charge in [0.15, 0.2) is 0 Å². The predicted molar refractivity (Wildman–Crippen MR) is 100 cm³/mol. The lowest BCUT2D eigenvalue weighted by atomic mass is 9.93. The van der Waals surface area contributed by atoms with Gasteiger partial charge in [0.05, 0.1) is 0 Å². The van der Waals surface area contributed by atoms with Gasteiger partial charge in [-0.05, 0) is 62.6 Å². The second kappa shape index (κ2) is 9.93. The molecule has 0 aliphatic carbocycles. The van der Waals surface area contributed by atoms with Crippen molar-refractivity contribution in [3.05, 3.63) is 35.9 Å². The number of nitrogens with zero attached hydrogens (tertiary/aromatic N) is 1. The zero-order valence-electron chi connectivity index (χ0n) is 15.3. The number of carbonyl (C=O) groups excluding carboxylic acids is 1. The summed E-state index contributed by atoms with van der Waals surface area (Å²) in [6, 6.07) is 10.7. The molecule has 138 valence electrons. The monoisotopic (exact) mass is 344 g/mol. The molecule has 1 amide bonds. The molecule has 1 aromatic carbocycles. The summed E-state index contributed by atoms with van der Waals surface area (Å²) in [6.07, 6.45) is 6.42. The molecule has 25 heavy (non-hydrogen) atoms. The average molecular weight is 344 g/mol. The van der Waals surface area contributed by atoms with Gasteiger partial charge in [0.25, 0.3) is 0 Å². The lowest BCUT2D eigenvalue weighted by Crippen LogP contribution is -2.35. The minimum absolute atomic E-state index is 0.240. The van der Waals surface area contributed by atoms with Crippen molar-refractivity contribution in [2.45, 2.75) is 45.1 Å². The third-order valence-electron chi connectivity index (χ3n) is 5.57. The summed E-state index contributed by atoms with van der Waals surface area (Å²) in [7, 11) is 0. The summed E-state index contributed by atoms with van der Waals surface area (Å²) in [5.74, 6) is 1.50. The molecule has 2 heterocycles. The van der Waals surface area contributed by atoms with Crippen molar-refractivity contribution in [1.82, 2.24) is 10.2 Å². The Balaban J connectivity index is 1.26. The van der Waals surface area contributed by atoms with Crippen molar-refractivity contribution in [2.24, 2.45) is 11.8 Å². The quantitative estimate of drug-likeness (QED) is 0.736. The van der Waals surface area contributed by atoms with Crippen LogP contribution in [-0.2, 0) is 16.1 Å². The van der Waals surface area contributed by atoms with E-state index in [9.17, 15) is 4.79 Å². The minimum atomic E-state index is 0.240. The Kier molecular flexibility index (Phi) is 7.31. The van der Waals surface area contributed by atoms with E-state index < -0.39 is 0 Å². The first-order valence-corrected chi connectivity index (χ1v) is 9.90. The fraction of sp³-hybridized carbons (Fsp3) is 0.667. The maximum absolute atomic E-state index is 12.1. The van der Waals surface area contributed by atoms with Crippen LogP contribution in [0, 0.1) is 11.8 Å². The molecule has 4 heteroatoms. The first kappa shape index (κ1) is 18.4. The van der Waals surface area contributed by atoms with Crippen LogP contribution in [0.25, 0.3) is 0 Å². The lowest BCUT2D eigenvalue weighted by Gasteiger charge is -2.31. The Bertz CT molecular complexity index is 506. The molecule has 0 spiro atoms. The summed E-state index contributed by atoms with van der Waals surface area (Å²) in [4.78, 5) is 14.6. The molecular formula is C21H32N2O2. The van der Waals surface area contributed by atoms with E-state index in [1.165, 1.54) is 18.4 Å². The van der Waals surface area contributed by atoms with Gasteiger partial charge in [-0.1, -0.05) is 30.3 Å². The molecule has 4 nitrogen and oxygen atoms in total. The van der Waals surface area contributed by atoms with Crippen LogP contribution in [0.3, 0.4) is 0 Å². The van der Waals surface area contributed by atoms with E-state index in [1.807, 2.05) is 0 Å². The van der Waals surface area contributed by atoms with E-state index in [0.29, 0.717) is 18.3 Å². The van der Waals surface area contributed by atoms with Crippen LogP contribution in [0.2, 0.25) is 0 Å². The van der Waals surface area contributed by atoms with Gasteiger partial charge in [-0.15, -0.1) is 0 Å². The SMILES string of the molecule is O=C(CC1CCN(Cc2ccccc2)CC1)NCCCC1CCOC1. The summed E-state index contributed by atoms with van der Waals surface area (Å²) in [6.45, 7) is 5.89. The number of carbonyl (C=O) groups is 1. The van der Waals surface area contributed by atoms with Gasteiger partial charge in [0.1, 0.15) is 0 Å². The van der Waals surface area contributed by atoms with Crippen molar-refractivity contribution in [1.29, 1.82) is 0 Å². The zero-order valence-corrected chi connectivity index (χ0v) is 15.3. The molecule has 2 saturated heterocycles. The van der Waals surface area contributed by atoms with Gasteiger partial charge in [0, 0.05) is 32.7 Å². The first-order chi connectivity index (χ1) is 12.3. The van der Waals surface area contributed by atoms with Crippen molar-refractivity contribution < 1.29 is 9.53 Å². The van der Waals surface area contributed by atoms with Crippen LogP contribution in [0.5, 0.6) is 0 Å². The lowest BCUT2D eigenvalue weighted by molar-refractivity contribution is -0.122. The second-order valence-corrected chi connectivity index (χ2v) is 7.63. The average Bonchev–Trinajstić information content (AvgIpc) is 3.15. The van der Waals surface area contributed by atoms with E-state index in [-0.39, 0.29) is 5.91 Å². The van der Waals surface area contributed by atoms with Gasteiger partial charge in [-0.2, -0.15) is 0 Å².